The number of nitrogens with one attached hydrogen (secondary N) is 8. The van der Waals surface area contributed by atoms with Crippen molar-refractivity contribution in [1.29, 1.82) is 0 Å². The van der Waals surface area contributed by atoms with Crippen molar-refractivity contribution in [2.45, 2.75) is 135 Å². The lowest BCUT2D eigenvalue weighted by Gasteiger charge is -2.28. The Labute approximate surface area is 371 Å². The summed E-state index contributed by atoms with van der Waals surface area (Å²) in [7, 11) is 0. The predicted octanol–water partition coefficient (Wildman–Crippen LogP) is -4.31. The molecule has 8 atom stereocenters. The minimum absolute atomic E-state index is 0.00506. The van der Waals surface area contributed by atoms with E-state index in [0.29, 0.717) is 12.8 Å². The predicted molar refractivity (Wildman–Crippen MR) is 230 cm³/mol. The minimum atomic E-state index is -1.77. The second-order valence-corrected chi connectivity index (χ2v) is 16.4. The van der Waals surface area contributed by atoms with Crippen molar-refractivity contribution in [2.24, 2.45) is 35.0 Å². The molecule has 0 rings (SSSR count). The fourth-order valence-corrected chi connectivity index (χ4v) is 5.91. The molecule has 0 radical (unpaired) electrons. The molecule has 0 aromatic heterocycles. The number of carbonyl (C=O) groups excluding carboxylic acids is 9. The molecule has 358 valence electrons. The first-order chi connectivity index (χ1) is 29.2. The van der Waals surface area contributed by atoms with Crippen LogP contribution in [-0.4, -0.2) is 142 Å². The summed E-state index contributed by atoms with van der Waals surface area (Å²) in [4.78, 5) is 140. The zero-order valence-corrected chi connectivity index (χ0v) is 37.7. The molecule has 9 amide bonds. The Bertz CT molecular complexity index is 1630. The van der Waals surface area contributed by atoms with E-state index < -0.39 is 150 Å². The molecule has 0 aromatic rings. The summed E-state index contributed by atoms with van der Waals surface area (Å²) in [5, 5.41) is 37.7. The van der Waals surface area contributed by atoms with Crippen molar-refractivity contribution in [1.82, 2.24) is 42.5 Å². The molecule has 16 N–H and O–H groups in total. The molecule has 0 aromatic carbocycles. The molecule has 0 aliphatic rings. The highest BCUT2D eigenvalue weighted by Crippen LogP contribution is 2.09. The van der Waals surface area contributed by atoms with Crippen LogP contribution in [0.3, 0.4) is 0 Å². The second-order valence-electron chi connectivity index (χ2n) is 16.0. The maximum absolute atomic E-state index is 13.6. The number of amides is 9. The number of hydrogen-bond donors (Lipinski definition) is 14. The number of thiol groups is 1. The van der Waals surface area contributed by atoms with E-state index in [4.69, 9.17) is 17.2 Å². The quantitative estimate of drug-likeness (QED) is 0.0239. The third-order valence-corrected chi connectivity index (χ3v) is 9.48. The molecule has 0 fully saturated rings. The van der Waals surface area contributed by atoms with E-state index in [1.807, 2.05) is 13.8 Å². The highest BCUT2D eigenvalue weighted by atomic mass is 32.1. The summed E-state index contributed by atoms with van der Waals surface area (Å²) in [5.41, 5.74) is 16.6. The lowest BCUT2D eigenvalue weighted by atomic mass is 10.0. The van der Waals surface area contributed by atoms with Gasteiger partial charge in [-0.1, -0.05) is 41.5 Å². The molecule has 0 saturated heterocycles. The van der Waals surface area contributed by atoms with Gasteiger partial charge >= 0.3 is 11.9 Å². The van der Waals surface area contributed by atoms with E-state index in [0.717, 1.165) is 0 Å². The number of primary amides is 1. The Hall–Kier alpha value is -5.56. The lowest BCUT2D eigenvalue weighted by Crippen LogP contribution is -2.61. The van der Waals surface area contributed by atoms with Gasteiger partial charge in [0.1, 0.15) is 42.3 Å². The summed E-state index contributed by atoms with van der Waals surface area (Å²) < 4.78 is 0. The van der Waals surface area contributed by atoms with Crippen LogP contribution in [0.1, 0.15) is 87.0 Å². The normalized spacial score (nSPS) is 14.9. The topological polar surface area (TPSA) is 403 Å². The van der Waals surface area contributed by atoms with Gasteiger partial charge in [0, 0.05) is 5.75 Å². The maximum atomic E-state index is 13.6. The van der Waals surface area contributed by atoms with Gasteiger partial charge in [0.15, 0.2) is 0 Å². The second kappa shape index (κ2) is 28.9. The summed E-state index contributed by atoms with van der Waals surface area (Å²) in [6.45, 7) is 10.7. The Balaban J connectivity index is 6.13. The van der Waals surface area contributed by atoms with Gasteiger partial charge in [0.2, 0.25) is 53.2 Å². The molecule has 63 heavy (non-hydrogen) atoms. The van der Waals surface area contributed by atoms with E-state index in [1.54, 1.807) is 0 Å². The van der Waals surface area contributed by atoms with Gasteiger partial charge in [-0.3, -0.25) is 47.9 Å². The van der Waals surface area contributed by atoms with Crippen LogP contribution in [-0.2, 0) is 52.7 Å². The Morgan fingerprint density at radius 2 is 1.03 bits per heavy atom. The summed E-state index contributed by atoms with van der Waals surface area (Å²) in [5.74, 6) is -12.9. The highest BCUT2D eigenvalue weighted by molar-refractivity contribution is 7.80. The monoisotopic (exact) mass is 917 g/mol. The molecule has 0 unspecified atom stereocenters. The van der Waals surface area contributed by atoms with Gasteiger partial charge in [-0.15, -0.1) is 0 Å². The Morgan fingerprint density at radius 1 is 0.556 bits per heavy atom. The van der Waals surface area contributed by atoms with Crippen LogP contribution < -0.4 is 59.7 Å². The molecule has 0 bridgehead atoms. The number of hydrogen-bond acceptors (Lipinski definition) is 14. The summed E-state index contributed by atoms with van der Waals surface area (Å²) >= 11 is 4.08. The Kier molecular flexibility index (Phi) is 26.4. The van der Waals surface area contributed by atoms with Crippen molar-refractivity contribution in [3.63, 3.8) is 0 Å². The smallest absolute Gasteiger partial charge is 0.326 e. The highest BCUT2D eigenvalue weighted by Gasteiger charge is 2.35. The number of aliphatic carboxylic acids is 2. The number of carbonyl (C=O) groups is 11. The average Bonchev–Trinajstić information content (AvgIpc) is 3.17. The molecular weight excluding hydrogens is 851 g/mol. The van der Waals surface area contributed by atoms with Gasteiger partial charge in [0.25, 0.3) is 0 Å². The molecular formula is C38H67N11O13S. The van der Waals surface area contributed by atoms with Crippen LogP contribution in [0.5, 0.6) is 0 Å². The summed E-state index contributed by atoms with van der Waals surface area (Å²) in [6.07, 6.45) is -0.713. The summed E-state index contributed by atoms with van der Waals surface area (Å²) in [6, 6.07) is -11.1. The lowest BCUT2D eigenvalue weighted by molar-refractivity contribution is -0.144. The molecule has 24 nitrogen and oxygen atoms in total. The number of carboxylic acid groups (broad SMARTS) is 2. The van der Waals surface area contributed by atoms with Crippen LogP contribution in [0.25, 0.3) is 0 Å². The van der Waals surface area contributed by atoms with Crippen LogP contribution in [0, 0.1) is 17.8 Å². The number of nitrogens with two attached hydrogens (primary N) is 3. The standard InChI is InChI=1S/C38H67N11O13S/c1-17(2)12-22(44-31(54)20(7)40)32(55)42-15-27(51)43-21(10-8-9-11-39)33(56)45-23(13-26(41)50)34(57)48-29(18(3)4)37(60)47-25(16-63)36(59)46-24(14-28(52)53)35(58)49-30(19(5)6)38(61)62/h17-25,29-30,63H,8-16,39-40H2,1-7H3,(H2,41,50)(H,42,55)(H,43,51)(H,44,54)(H,45,56)(H,46,59)(H,47,60)(H,48,57)(H,49,58)(H,52,53)(H,61,62)/t20-,21-,22-,23-,24-,25-,29-,30-/m0/s1. The third kappa shape index (κ3) is 22.4. The first kappa shape index (κ1) is 57.4. The van der Waals surface area contributed by atoms with Crippen molar-refractivity contribution >= 4 is 77.7 Å². The molecule has 0 heterocycles. The number of carboxylic acids is 2. The fraction of sp³-hybridized carbons (Fsp3) is 0.711. The first-order valence-electron chi connectivity index (χ1n) is 20.4. The third-order valence-electron chi connectivity index (χ3n) is 9.12. The van der Waals surface area contributed by atoms with Crippen molar-refractivity contribution in [3.05, 3.63) is 0 Å². The Morgan fingerprint density at radius 3 is 1.48 bits per heavy atom. The van der Waals surface area contributed by atoms with Crippen molar-refractivity contribution < 1.29 is 63.0 Å². The molecule has 0 saturated carbocycles. The zero-order valence-electron chi connectivity index (χ0n) is 36.8. The molecule has 25 heteroatoms. The van der Waals surface area contributed by atoms with E-state index >= 15 is 0 Å². The van der Waals surface area contributed by atoms with Crippen molar-refractivity contribution in [3.8, 4) is 0 Å². The van der Waals surface area contributed by atoms with Gasteiger partial charge in [-0.05, 0) is 56.9 Å². The minimum Gasteiger partial charge on any atom is -0.481 e. The zero-order chi connectivity index (χ0) is 48.7. The number of unbranched alkanes of at least 4 members (excludes halogenated alkanes) is 1. The van der Waals surface area contributed by atoms with E-state index in [-0.39, 0.29) is 25.3 Å². The molecule has 0 aliphatic heterocycles. The maximum Gasteiger partial charge on any atom is 0.326 e. The number of rotatable bonds is 30. The molecule has 0 aliphatic carbocycles. The first-order valence-corrected chi connectivity index (χ1v) is 21.1. The SMILES string of the molecule is CC(C)C[C@H](NC(=O)[C@H](C)N)C(=O)NCC(=O)N[C@@H](CCCCN)C(=O)N[C@@H](CC(N)=O)C(=O)N[C@H](C(=O)N[C@@H](CS)C(=O)N[C@@H](CC(=O)O)C(=O)N[C@H](C(=O)O)C(C)C)C(C)C. The van der Waals surface area contributed by atoms with E-state index in [1.165, 1.54) is 34.6 Å². The van der Waals surface area contributed by atoms with Crippen LogP contribution in [0.15, 0.2) is 0 Å². The van der Waals surface area contributed by atoms with Crippen LogP contribution in [0.2, 0.25) is 0 Å². The van der Waals surface area contributed by atoms with Gasteiger partial charge < -0.3 is 69.9 Å². The molecule has 0 spiro atoms. The van der Waals surface area contributed by atoms with Crippen molar-refractivity contribution in [2.75, 3.05) is 18.8 Å². The van der Waals surface area contributed by atoms with E-state index in [2.05, 4.69) is 55.2 Å². The largest absolute Gasteiger partial charge is 0.481 e. The van der Waals surface area contributed by atoms with Gasteiger partial charge in [0.05, 0.1) is 25.4 Å². The average molecular weight is 918 g/mol. The fourth-order valence-electron chi connectivity index (χ4n) is 5.65. The van der Waals surface area contributed by atoms with E-state index in [9.17, 15) is 63.0 Å². The van der Waals surface area contributed by atoms with Gasteiger partial charge in [-0.2, -0.15) is 12.6 Å². The van der Waals surface area contributed by atoms with Crippen LogP contribution >= 0.6 is 12.6 Å². The van der Waals surface area contributed by atoms with Gasteiger partial charge in [-0.25, -0.2) is 4.79 Å². The van der Waals surface area contributed by atoms with Crippen LogP contribution in [0.4, 0.5) is 0 Å².